The van der Waals surface area contributed by atoms with Gasteiger partial charge in [0.25, 0.3) is 0 Å². The minimum Gasteiger partial charge on any atom is -0.333 e. The normalized spacial score (nSPS) is 16.0. The summed E-state index contributed by atoms with van der Waals surface area (Å²) in [5.41, 5.74) is 5.51. The van der Waals surface area contributed by atoms with Gasteiger partial charge in [0.1, 0.15) is 3.72 Å². The molecule has 3 nitrogen and oxygen atoms in total. The van der Waals surface area contributed by atoms with Crippen molar-refractivity contribution in [2.45, 2.75) is 12.5 Å². The molecular formula is C38H26IN3S. The lowest BCUT2D eigenvalue weighted by molar-refractivity contribution is 0.642. The highest BCUT2D eigenvalue weighted by molar-refractivity contribution is 14.1. The molecule has 0 aliphatic heterocycles. The van der Waals surface area contributed by atoms with Crippen LogP contribution in [0.3, 0.4) is 0 Å². The minimum atomic E-state index is 0.132. The van der Waals surface area contributed by atoms with E-state index in [4.69, 9.17) is 9.98 Å². The van der Waals surface area contributed by atoms with Gasteiger partial charge in [-0.25, -0.2) is 9.98 Å². The summed E-state index contributed by atoms with van der Waals surface area (Å²) >= 11 is 4.19. The molecule has 0 saturated heterocycles. The minimum absolute atomic E-state index is 0.132. The molecule has 0 bridgehead atoms. The van der Waals surface area contributed by atoms with Crippen LogP contribution in [0, 0.1) is 0 Å². The molecule has 0 spiro atoms. The van der Waals surface area contributed by atoms with E-state index in [-0.39, 0.29) is 6.04 Å². The van der Waals surface area contributed by atoms with E-state index >= 15 is 0 Å². The van der Waals surface area contributed by atoms with Gasteiger partial charge in [0, 0.05) is 47.6 Å². The third-order valence-corrected chi connectivity index (χ3v) is 10.0. The topological polar surface area (TPSA) is 29.6 Å². The highest BCUT2D eigenvalue weighted by Gasteiger charge is 2.20. The lowest BCUT2D eigenvalue weighted by Crippen LogP contribution is -2.09. The lowest BCUT2D eigenvalue weighted by atomic mass is 10.1. The highest BCUT2D eigenvalue weighted by atomic mass is 127. The Morgan fingerprint density at radius 3 is 2.19 bits per heavy atom. The Kier molecular flexibility index (Phi) is 6.77. The van der Waals surface area contributed by atoms with E-state index in [1.807, 2.05) is 47.7 Å². The van der Waals surface area contributed by atoms with Crippen LogP contribution in [0.2, 0.25) is 0 Å². The first-order valence-electron chi connectivity index (χ1n) is 14.4. The lowest BCUT2D eigenvalue weighted by Gasteiger charge is -2.20. The fraction of sp³-hybridized carbons (Fsp3) is 0.0526. The number of para-hydroxylation sites is 1. The largest absolute Gasteiger partial charge is 0.333 e. The van der Waals surface area contributed by atoms with Crippen LogP contribution in [0.15, 0.2) is 155 Å². The van der Waals surface area contributed by atoms with Crippen molar-refractivity contribution in [3.05, 3.63) is 156 Å². The molecule has 2 aromatic heterocycles. The van der Waals surface area contributed by atoms with Crippen LogP contribution in [-0.4, -0.2) is 14.1 Å². The van der Waals surface area contributed by atoms with Crippen molar-refractivity contribution < 1.29 is 0 Å². The summed E-state index contributed by atoms with van der Waals surface area (Å²) in [4.78, 5) is 10.2. The third-order valence-electron chi connectivity index (χ3n) is 8.05. The van der Waals surface area contributed by atoms with Crippen molar-refractivity contribution in [2.75, 3.05) is 0 Å². The molecule has 5 aromatic carbocycles. The monoisotopic (exact) mass is 683 g/mol. The van der Waals surface area contributed by atoms with Crippen molar-refractivity contribution in [1.29, 1.82) is 0 Å². The molecule has 1 unspecified atom stereocenters. The zero-order valence-corrected chi connectivity index (χ0v) is 26.2. The van der Waals surface area contributed by atoms with Gasteiger partial charge in [-0.15, -0.1) is 11.3 Å². The quantitative estimate of drug-likeness (QED) is 0.100. The fourth-order valence-corrected chi connectivity index (χ4v) is 7.78. The molecule has 1 aliphatic rings. The molecule has 0 amide bonds. The highest BCUT2D eigenvalue weighted by Crippen LogP contribution is 2.41. The number of fused-ring (bicyclic) bond motifs is 6. The Hall–Kier alpha value is -4.33. The Bertz CT molecular complexity index is 2270. The van der Waals surface area contributed by atoms with Crippen molar-refractivity contribution in [3.63, 3.8) is 0 Å². The number of thiophene rings is 1. The van der Waals surface area contributed by atoms with Crippen LogP contribution in [0.1, 0.15) is 23.6 Å². The van der Waals surface area contributed by atoms with Crippen molar-refractivity contribution >= 4 is 85.5 Å². The molecule has 2 heterocycles. The van der Waals surface area contributed by atoms with Crippen LogP contribution >= 0.6 is 33.9 Å². The van der Waals surface area contributed by atoms with E-state index in [1.54, 1.807) is 0 Å². The Morgan fingerprint density at radius 2 is 1.37 bits per heavy atom. The SMILES string of the molecule is IC(=NC(=NC1=CC(n2c3ccccc3c3cc4c(cc32)sc2ccccc24)CC=C1)c1ccccc1)c1ccccc1. The summed E-state index contributed by atoms with van der Waals surface area (Å²) in [6, 6.07) is 43.0. The summed E-state index contributed by atoms with van der Waals surface area (Å²) in [5, 5.41) is 5.25. The number of benzene rings is 5. The summed E-state index contributed by atoms with van der Waals surface area (Å²) in [6.07, 6.45) is 7.58. The molecule has 0 saturated carbocycles. The maximum Gasteiger partial charge on any atom is 0.160 e. The Morgan fingerprint density at radius 1 is 0.674 bits per heavy atom. The van der Waals surface area contributed by atoms with Gasteiger partial charge in [0.2, 0.25) is 0 Å². The molecule has 8 rings (SSSR count). The van der Waals surface area contributed by atoms with Crippen LogP contribution < -0.4 is 0 Å². The molecule has 0 N–H and O–H groups in total. The van der Waals surface area contributed by atoms with Crippen LogP contribution in [0.4, 0.5) is 0 Å². The van der Waals surface area contributed by atoms with Gasteiger partial charge in [0.15, 0.2) is 5.84 Å². The van der Waals surface area contributed by atoms with E-state index in [2.05, 4.69) is 130 Å². The molecule has 206 valence electrons. The third kappa shape index (κ3) is 4.82. The predicted molar refractivity (Wildman–Crippen MR) is 193 cm³/mol. The van der Waals surface area contributed by atoms with Crippen LogP contribution in [-0.2, 0) is 0 Å². The summed E-state index contributed by atoms with van der Waals surface area (Å²) in [7, 11) is 0. The molecule has 7 aromatic rings. The predicted octanol–water partition coefficient (Wildman–Crippen LogP) is 10.9. The number of allylic oxidation sites excluding steroid dienone is 3. The number of aliphatic imine (C=N–C) groups is 2. The molecule has 43 heavy (non-hydrogen) atoms. The van der Waals surface area contributed by atoms with Gasteiger partial charge in [-0.1, -0.05) is 103 Å². The van der Waals surface area contributed by atoms with Gasteiger partial charge < -0.3 is 4.57 Å². The van der Waals surface area contributed by atoms with Crippen molar-refractivity contribution in [3.8, 4) is 0 Å². The van der Waals surface area contributed by atoms with Gasteiger partial charge in [-0.2, -0.15) is 0 Å². The van der Waals surface area contributed by atoms with E-state index in [0.29, 0.717) is 5.84 Å². The number of amidine groups is 1. The number of nitrogens with zero attached hydrogens (tertiary/aromatic N) is 3. The number of hydrogen-bond acceptors (Lipinski definition) is 2. The second-order valence-corrected chi connectivity index (χ2v) is 12.8. The van der Waals surface area contributed by atoms with Gasteiger partial charge in [-0.05, 0) is 65.4 Å². The maximum absolute atomic E-state index is 5.16. The summed E-state index contributed by atoms with van der Waals surface area (Å²) < 4.78 is 6.07. The Labute approximate surface area is 267 Å². The molecule has 5 heteroatoms. The van der Waals surface area contributed by atoms with Crippen molar-refractivity contribution in [1.82, 2.24) is 4.57 Å². The smallest absolute Gasteiger partial charge is 0.160 e. The van der Waals surface area contributed by atoms with E-state index in [9.17, 15) is 0 Å². The molecule has 1 atom stereocenters. The van der Waals surface area contributed by atoms with Gasteiger partial charge in [0.05, 0.1) is 17.3 Å². The van der Waals surface area contributed by atoms with Gasteiger partial charge >= 0.3 is 0 Å². The number of aromatic nitrogens is 1. The van der Waals surface area contributed by atoms with E-state index < -0.39 is 0 Å². The average Bonchev–Trinajstić information content (AvgIpc) is 3.59. The first kappa shape index (κ1) is 26.3. The zero-order chi connectivity index (χ0) is 28.8. The second kappa shape index (κ2) is 11.1. The number of hydrogen-bond donors (Lipinski definition) is 0. The molecular weight excluding hydrogens is 657 g/mol. The number of rotatable bonds is 4. The van der Waals surface area contributed by atoms with Crippen molar-refractivity contribution in [2.24, 2.45) is 9.98 Å². The maximum atomic E-state index is 5.16. The summed E-state index contributed by atoms with van der Waals surface area (Å²) in [5.74, 6) is 0.708. The number of halogens is 1. The van der Waals surface area contributed by atoms with E-state index in [1.165, 1.54) is 42.0 Å². The standard InChI is InChI=1S/C38H26IN3S/c39-37(25-12-3-1-4-13-25)41-38(26-14-5-2-6-15-26)40-27-16-11-17-28(22-27)42-33-20-9-7-18-29(33)31-23-32-30-19-8-10-21-35(30)43-36(32)24-34(31)42/h1-16,18-24,28H,17H2. The molecule has 0 fully saturated rings. The zero-order valence-electron chi connectivity index (χ0n) is 23.2. The van der Waals surface area contributed by atoms with E-state index in [0.717, 1.165) is 27.0 Å². The van der Waals surface area contributed by atoms with Crippen LogP contribution in [0.5, 0.6) is 0 Å². The first-order valence-corrected chi connectivity index (χ1v) is 16.3. The average molecular weight is 684 g/mol. The molecule has 0 radical (unpaired) electrons. The van der Waals surface area contributed by atoms with Crippen LogP contribution in [0.25, 0.3) is 42.0 Å². The second-order valence-electron chi connectivity index (χ2n) is 10.7. The molecule has 1 aliphatic carbocycles. The van der Waals surface area contributed by atoms with Gasteiger partial charge in [-0.3, -0.25) is 0 Å². The summed E-state index contributed by atoms with van der Waals surface area (Å²) in [6.45, 7) is 0. The first-order chi connectivity index (χ1) is 21.2. The Balaban J connectivity index is 1.28. The fourth-order valence-electron chi connectivity index (χ4n) is 6.07.